The van der Waals surface area contributed by atoms with E-state index in [1.54, 1.807) is 24.5 Å². The molecule has 1 aliphatic rings. The normalized spacial score (nSPS) is 19.0. The predicted octanol–water partition coefficient (Wildman–Crippen LogP) is 1.10. The highest BCUT2D eigenvalue weighted by Crippen LogP contribution is 2.27. The Morgan fingerprint density at radius 1 is 1.00 bits per heavy atom. The average molecular weight is 483 g/mol. The Hall–Kier alpha value is -4.43. The van der Waals surface area contributed by atoms with Gasteiger partial charge in [-0.25, -0.2) is 9.78 Å². The number of pyridine rings is 3. The van der Waals surface area contributed by atoms with Crippen LogP contribution >= 0.6 is 0 Å². The van der Waals surface area contributed by atoms with Crippen molar-refractivity contribution in [3.05, 3.63) is 99.1 Å². The Morgan fingerprint density at radius 3 is 2.22 bits per heavy atom. The van der Waals surface area contributed by atoms with Crippen LogP contribution in [0.4, 0.5) is 0 Å². The Labute approximate surface area is 204 Å². The second-order valence-electron chi connectivity index (χ2n) is 8.13. The third-order valence-electron chi connectivity index (χ3n) is 5.68. The minimum absolute atomic E-state index is 0.0377. The number of rotatable bonds is 4. The van der Waals surface area contributed by atoms with Gasteiger partial charge in [0.25, 0.3) is 5.56 Å². The van der Waals surface area contributed by atoms with E-state index in [-0.39, 0.29) is 18.6 Å². The molecule has 0 saturated carbocycles. The number of aliphatic hydroxyl groups excluding tert-OH is 2. The molecule has 0 aliphatic carbocycles. The van der Waals surface area contributed by atoms with E-state index in [0.717, 1.165) is 4.57 Å². The van der Waals surface area contributed by atoms with Gasteiger partial charge in [-0.2, -0.15) is 0 Å². The Morgan fingerprint density at radius 2 is 1.67 bits per heavy atom. The summed E-state index contributed by atoms with van der Waals surface area (Å²) >= 11 is 0. The van der Waals surface area contributed by atoms with Crippen LogP contribution in [0.1, 0.15) is 23.8 Å². The maximum atomic E-state index is 12.5. The van der Waals surface area contributed by atoms with Crippen LogP contribution < -0.4 is 11.2 Å². The van der Waals surface area contributed by atoms with Gasteiger partial charge in [0.05, 0.1) is 35.5 Å². The first kappa shape index (κ1) is 23.3. The lowest BCUT2D eigenvalue weighted by molar-refractivity contribution is -0.0459. The Balaban J connectivity index is 1.55. The first-order chi connectivity index (χ1) is 17.5. The van der Waals surface area contributed by atoms with Crippen LogP contribution in [0.25, 0.3) is 22.8 Å². The highest BCUT2D eigenvalue weighted by atomic mass is 16.5. The number of aliphatic hydroxyl groups is 2. The van der Waals surface area contributed by atoms with Crippen molar-refractivity contribution in [2.24, 2.45) is 0 Å². The fourth-order valence-electron chi connectivity index (χ4n) is 3.87. The van der Waals surface area contributed by atoms with Crippen LogP contribution in [0, 0.1) is 11.8 Å². The maximum absolute atomic E-state index is 12.5. The molecule has 36 heavy (non-hydrogen) atoms. The van der Waals surface area contributed by atoms with E-state index in [1.807, 2.05) is 36.4 Å². The summed E-state index contributed by atoms with van der Waals surface area (Å²) in [4.78, 5) is 40.5. The fourth-order valence-corrected chi connectivity index (χ4v) is 3.87. The van der Waals surface area contributed by atoms with Crippen molar-refractivity contribution in [1.82, 2.24) is 24.5 Å². The van der Waals surface area contributed by atoms with Gasteiger partial charge in [0.15, 0.2) is 0 Å². The van der Waals surface area contributed by atoms with Crippen LogP contribution in [-0.2, 0) is 4.74 Å². The number of hydrogen-bond donors (Lipinski definition) is 3. The first-order valence-electron chi connectivity index (χ1n) is 11.2. The number of aromatic nitrogens is 5. The third-order valence-corrected chi connectivity index (χ3v) is 5.68. The molecule has 1 aliphatic heterocycles. The number of ether oxygens (including phenoxy) is 1. The van der Waals surface area contributed by atoms with Crippen molar-refractivity contribution >= 4 is 0 Å². The molecule has 5 heterocycles. The first-order valence-corrected chi connectivity index (χ1v) is 11.2. The Kier molecular flexibility index (Phi) is 6.51. The number of nitrogens with one attached hydrogen (secondary N) is 1. The van der Waals surface area contributed by atoms with E-state index in [2.05, 4.69) is 31.8 Å². The van der Waals surface area contributed by atoms with Crippen LogP contribution in [0.5, 0.6) is 0 Å². The van der Waals surface area contributed by atoms with E-state index in [9.17, 15) is 19.8 Å². The largest absolute Gasteiger partial charge is 0.394 e. The fraction of sp³-hybridized carbons (Fsp3) is 0.192. The molecule has 0 bridgehead atoms. The van der Waals surface area contributed by atoms with Gasteiger partial charge in [0, 0.05) is 30.6 Å². The number of nitrogens with zero attached hydrogens (tertiary/aromatic N) is 4. The quantitative estimate of drug-likeness (QED) is 0.366. The van der Waals surface area contributed by atoms with Crippen LogP contribution in [0.2, 0.25) is 0 Å². The molecule has 1 fully saturated rings. The maximum Gasteiger partial charge on any atom is 0.330 e. The summed E-state index contributed by atoms with van der Waals surface area (Å²) in [6.45, 7) is -0.387. The monoisotopic (exact) mass is 483 g/mol. The van der Waals surface area contributed by atoms with Crippen molar-refractivity contribution in [3.63, 3.8) is 0 Å². The molecule has 10 heteroatoms. The summed E-state index contributed by atoms with van der Waals surface area (Å²) in [5.41, 5.74) is 1.74. The van der Waals surface area contributed by atoms with E-state index < -0.39 is 29.7 Å². The van der Waals surface area contributed by atoms with Gasteiger partial charge in [-0.1, -0.05) is 24.0 Å². The summed E-state index contributed by atoms with van der Waals surface area (Å²) in [7, 11) is 0. The van der Waals surface area contributed by atoms with Crippen molar-refractivity contribution in [1.29, 1.82) is 0 Å². The van der Waals surface area contributed by atoms with Crippen LogP contribution in [0.3, 0.4) is 0 Å². The summed E-state index contributed by atoms with van der Waals surface area (Å²) < 4.78 is 6.71. The van der Waals surface area contributed by atoms with Gasteiger partial charge in [0.1, 0.15) is 17.9 Å². The zero-order valence-corrected chi connectivity index (χ0v) is 18.9. The smallest absolute Gasteiger partial charge is 0.330 e. The molecule has 3 N–H and O–H groups in total. The van der Waals surface area contributed by atoms with E-state index in [1.165, 1.54) is 6.20 Å². The molecule has 4 aromatic rings. The minimum Gasteiger partial charge on any atom is -0.394 e. The van der Waals surface area contributed by atoms with Crippen molar-refractivity contribution < 1.29 is 14.9 Å². The number of hydrogen-bond acceptors (Lipinski definition) is 8. The zero-order valence-electron chi connectivity index (χ0n) is 18.9. The SMILES string of the molecule is O=c1[nH]c(=O)n([C@H]2C[C@H](O)[C@@H](CO)O2)cc1C#Cc1cc(-c2ccccn2)nc(-c2ccccn2)c1. The lowest BCUT2D eigenvalue weighted by Crippen LogP contribution is -2.33. The molecular weight excluding hydrogens is 462 g/mol. The standard InChI is InChI=1S/C26H21N5O5/c32-15-23-22(33)13-24(36-23)31-14-17(25(34)30-26(31)35)8-7-16-11-20(18-5-1-3-9-27-18)29-21(12-16)19-6-2-4-10-28-19/h1-6,9-12,14,22-24,32-33H,13,15H2,(H,30,34,35)/t22-,23+,24+/m0/s1. The average Bonchev–Trinajstić information content (AvgIpc) is 3.29. The molecule has 0 aromatic carbocycles. The lowest BCUT2D eigenvalue weighted by atomic mass is 10.1. The minimum atomic E-state index is -0.930. The summed E-state index contributed by atoms with van der Waals surface area (Å²) in [6, 6.07) is 14.5. The summed E-state index contributed by atoms with van der Waals surface area (Å²) in [6.07, 6.45) is 2.15. The van der Waals surface area contributed by atoms with Crippen molar-refractivity contribution in [2.45, 2.75) is 24.9 Å². The van der Waals surface area contributed by atoms with E-state index in [0.29, 0.717) is 28.3 Å². The van der Waals surface area contributed by atoms with E-state index in [4.69, 9.17) is 4.74 Å². The molecule has 5 rings (SSSR count). The molecule has 1 saturated heterocycles. The number of aromatic amines is 1. The van der Waals surface area contributed by atoms with Gasteiger partial charge in [-0.3, -0.25) is 24.3 Å². The predicted molar refractivity (Wildman–Crippen MR) is 130 cm³/mol. The second-order valence-corrected chi connectivity index (χ2v) is 8.13. The molecule has 180 valence electrons. The lowest BCUT2D eigenvalue weighted by Gasteiger charge is -2.14. The van der Waals surface area contributed by atoms with Gasteiger partial charge in [-0.15, -0.1) is 0 Å². The second kappa shape index (κ2) is 10.1. The van der Waals surface area contributed by atoms with Crippen molar-refractivity contribution in [2.75, 3.05) is 6.61 Å². The highest BCUT2D eigenvalue weighted by Gasteiger charge is 2.35. The van der Waals surface area contributed by atoms with E-state index >= 15 is 0 Å². The van der Waals surface area contributed by atoms with Gasteiger partial charge >= 0.3 is 5.69 Å². The molecule has 0 amide bonds. The molecule has 4 aromatic heterocycles. The van der Waals surface area contributed by atoms with Gasteiger partial charge in [0.2, 0.25) is 0 Å². The number of H-pyrrole nitrogens is 1. The molecule has 0 radical (unpaired) electrons. The molecule has 3 atom stereocenters. The highest BCUT2D eigenvalue weighted by molar-refractivity contribution is 5.65. The third kappa shape index (κ3) is 4.85. The van der Waals surface area contributed by atoms with Crippen LogP contribution in [0.15, 0.2) is 76.7 Å². The van der Waals surface area contributed by atoms with Gasteiger partial charge in [-0.05, 0) is 36.4 Å². The van der Waals surface area contributed by atoms with Crippen LogP contribution in [-0.4, -0.2) is 53.5 Å². The van der Waals surface area contributed by atoms with Crippen molar-refractivity contribution in [3.8, 4) is 34.6 Å². The van der Waals surface area contributed by atoms with Gasteiger partial charge < -0.3 is 14.9 Å². The Bertz CT molecular complexity index is 1500. The summed E-state index contributed by atoms with van der Waals surface area (Å²) in [5, 5.41) is 19.3. The molecular formula is C26H21N5O5. The molecule has 0 unspecified atom stereocenters. The molecule has 0 spiro atoms. The zero-order chi connectivity index (χ0) is 25.1. The summed E-state index contributed by atoms with van der Waals surface area (Å²) in [5.74, 6) is 5.80. The topological polar surface area (TPSA) is 143 Å². The molecule has 10 nitrogen and oxygen atoms in total.